The second-order valence-electron chi connectivity index (χ2n) is 2.04. The van der Waals surface area contributed by atoms with E-state index in [1.807, 2.05) is 6.92 Å². The molecule has 54 valence electrons. The van der Waals surface area contributed by atoms with Gasteiger partial charge in [-0.3, -0.25) is 0 Å². The molecule has 0 fully saturated rings. The second kappa shape index (κ2) is 3.07. The maximum atomic E-state index is 5.59. The van der Waals surface area contributed by atoms with Crippen molar-refractivity contribution in [1.29, 1.82) is 0 Å². The van der Waals surface area contributed by atoms with Crippen LogP contribution < -0.4 is 5.73 Å². The van der Waals surface area contributed by atoms with E-state index in [4.69, 9.17) is 5.73 Å². The fraction of sp³-hybridized carbons (Fsp3) is 0.333. The molecule has 1 rings (SSSR count). The van der Waals surface area contributed by atoms with Crippen molar-refractivity contribution in [2.24, 2.45) is 5.73 Å². The summed E-state index contributed by atoms with van der Waals surface area (Å²) in [5.74, 6) is 0. The van der Waals surface area contributed by atoms with Crippen molar-refractivity contribution in [3.63, 3.8) is 0 Å². The Labute approximate surface area is 67.8 Å². The molecule has 0 bridgehead atoms. The molecule has 1 atom stereocenters. The maximum Gasteiger partial charge on any atom is 0.115 e. The molecule has 0 amide bonds. The van der Waals surface area contributed by atoms with Gasteiger partial charge in [0.25, 0.3) is 0 Å². The minimum Gasteiger partial charge on any atom is -0.323 e. The molecule has 0 spiro atoms. The van der Waals surface area contributed by atoms with Crippen LogP contribution in [0.5, 0.6) is 0 Å². The van der Waals surface area contributed by atoms with Crippen LogP contribution in [0.2, 0.25) is 0 Å². The minimum absolute atomic E-state index is 0.0441. The molecule has 0 aliphatic rings. The van der Waals surface area contributed by atoms with E-state index in [0.29, 0.717) is 0 Å². The van der Waals surface area contributed by atoms with E-state index in [0.717, 1.165) is 10.2 Å². The van der Waals surface area contributed by atoms with E-state index in [-0.39, 0.29) is 6.04 Å². The monoisotopic (exact) mass is 201 g/mol. The van der Waals surface area contributed by atoms with Crippen LogP contribution in [-0.4, -0.2) is 9.97 Å². The van der Waals surface area contributed by atoms with Gasteiger partial charge in [-0.15, -0.1) is 0 Å². The van der Waals surface area contributed by atoms with Gasteiger partial charge >= 0.3 is 0 Å². The third kappa shape index (κ3) is 1.52. The van der Waals surface area contributed by atoms with Gasteiger partial charge in [-0.2, -0.15) is 0 Å². The maximum absolute atomic E-state index is 5.59. The lowest BCUT2D eigenvalue weighted by Crippen LogP contribution is -2.08. The van der Waals surface area contributed by atoms with Crippen LogP contribution in [0.25, 0.3) is 0 Å². The van der Waals surface area contributed by atoms with Crippen molar-refractivity contribution in [2.75, 3.05) is 0 Å². The first kappa shape index (κ1) is 7.63. The molecule has 4 heteroatoms. The van der Waals surface area contributed by atoms with Gasteiger partial charge in [0, 0.05) is 12.2 Å². The fourth-order valence-electron chi connectivity index (χ4n) is 0.657. The normalized spacial score (nSPS) is 13.1. The fourth-order valence-corrected chi connectivity index (χ4v) is 1.24. The summed E-state index contributed by atoms with van der Waals surface area (Å²) in [4.78, 5) is 7.81. The highest BCUT2D eigenvalue weighted by molar-refractivity contribution is 9.10. The van der Waals surface area contributed by atoms with Crippen molar-refractivity contribution >= 4 is 15.9 Å². The molecular weight excluding hydrogens is 194 g/mol. The van der Waals surface area contributed by atoms with Gasteiger partial charge in [0.15, 0.2) is 0 Å². The van der Waals surface area contributed by atoms with Crippen molar-refractivity contribution in [1.82, 2.24) is 9.97 Å². The summed E-state index contributed by atoms with van der Waals surface area (Å²) < 4.78 is 0.866. The smallest absolute Gasteiger partial charge is 0.115 e. The van der Waals surface area contributed by atoms with Crippen LogP contribution in [0.15, 0.2) is 17.0 Å². The average molecular weight is 202 g/mol. The Hall–Kier alpha value is -0.480. The van der Waals surface area contributed by atoms with E-state index < -0.39 is 0 Å². The molecule has 2 N–H and O–H groups in total. The van der Waals surface area contributed by atoms with E-state index in [9.17, 15) is 0 Å². The van der Waals surface area contributed by atoms with Crippen molar-refractivity contribution < 1.29 is 0 Å². The largest absolute Gasteiger partial charge is 0.323 e. The SMILES string of the molecule is CC(N)c1ncncc1Br. The molecule has 1 aromatic rings. The van der Waals surface area contributed by atoms with Crippen LogP contribution in [0, 0.1) is 0 Å². The van der Waals surface area contributed by atoms with Crippen LogP contribution >= 0.6 is 15.9 Å². The van der Waals surface area contributed by atoms with Gasteiger partial charge in [0.1, 0.15) is 6.33 Å². The molecule has 3 nitrogen and oxygen atoms in total. The zero-order valence-corrected chi connectivity index (χ0v) is 7.17. The number of hydrogen-bond donors (Lipinski definition) is 1. The Bertz CT molecular complexity index is 224. The standard InChI is InChI=1S/C6H8BrN3/c1-4(8)6-5(7)2-9-3-10-6/h2-4H,8H2,1H3. The van der Waals surface area contributed by atoms with Crippen molar-refractivity contribution in [3.8, 4) is 0 Å². The predicted molar refractivity (Wildman–Crippen MR) is 42.3 cm³/mol. The zero-order chi connectivity index (χ0) is 7.56. The van der Waals surface area contributed by atoms with Crippen LogP contribution in [-0.2, 0) is 0 Å². The van der Waals surface area contributed by atoms with Gasteiger partial charge in [-0.05, 0) is 22.9 Å². The molecule has 0 aliphatic carbocycles. The molecule has 0 aromatic carbocycles. The van der Waals surface area contributed by atoms with Gasteiger partial charge in [-0.25, -0.2) is 9.97 Å². The van der Waals surface area contributed by atoms with Gasteiger partial charge in [-0.1, -0.05) is 0 Å². The third-order valence-electron chi connectivity index (χ3n) is 1.13. The summed E-state index contributed by atoms with van der Waals surface area (Å²) in [5, 5.41) is 0. The molecule has 0 saturated carbocycles. The van der Waals surface area contributed by atoms with Gasteiger partial charge in [0.05, 0.1) is 10.2 Å². The van der Waals surface area contributed by atoms with Gasteiger partial charge < -0.3 is 5.73 Å². The number of rotatable bonds is 1. The van der Waals surface area contributed by atoms with E-state index in [1.165, 1.54) is 6.33 Å². The first-order valence-corrected chi connectivity index (χ1v) is 3.72. The quantitative estimate of drug-likeness (QED) is 0.745. The summed E-state index contributed by atoms with van der Waals surface area (Å²) in [7, 11) is 0. The van der Waals surface area contributed by atoms with Crippen LogP contribution in [0.4, 0.5) is 0 Å². The molecule has 0 radical (unpaired) electrons. The summed E-state index contributed by atoms with van der Waals surface area (Å²) in [6, 6.07) is -0.0441. The third-order valence-corrected chi connectivity index (χ3v) is 1.74. The van der Waals surface area contributed by atoms with Crippen molar-refractivity contribution in [2.45, 2.75) is 13.0 Å². The molecule has 10 heavy (non-hydrogen) atoms. The topological polar surface area (TPSA) is 51.8 Å². The Balaban J connectivity index is 3.03. The Kier molecular flexibility index (Phi) is 2.34. The van der Waals surface area contributed by atoms with Crippen LogP contribution in [0.3, 0.4) is 0 Å². The Morgan fingerprint density at radius 3 is 2.80 bits per heavy atom. The lowest BCUT2D eigenvalue weighted by Gasteiger charge is -2.04. The predicted octanol–water partition coefficient (Wildman–Crippen LogP) is 1.26. The summed E-state index contributed by atoms with van der Waals surface area (Å²) in [6.07, 6.45) is 3.18. The number of hydrogen-bond acceptors (Lipinski definition) is 3. The number of nitrogens with zero attached hydrogens (tertiary/aromatic N) is 2. The van der Waals surface area contributed by atoms with E-state index in [1.54, 1.807) is 6.20 Å². The minimum atomic E-state index is -0.0441. The lowest BCUT2D eigenvalue weighted by molar-refractivity contribution is 0.768. The Morgan fingerprint density at radius 2 is 2.40 bits per heavy atom. The van der Waals surface area contributed by atoms with E-state index >= 15 is 0 Å². The summed E-state index contributed by atoms with van der Waals surface area (Å²) in [6.45, 7) is 1.88. The highest BCUT2D eigenvalue weighted by atomic mass is 79.9. The number of aromatic nitrogens is 2. The Morgan fingerprint density at radius 1 is 1.70 bits per heavy atom. The highest BCUT2D eigenvalue weighted by Gasteiger charge is 2.04. The second-order valence-corrected chi connectivity index (χ2v) is 2.90. The molecule has 1 unspecified atom stereocenters. The highest BCUT2D eigenvalue weighted by Crippen LogP contribution is 2.16. The number of halogens is 1. The van der Waals surface area contributed by atoms with E-state index in [2.05, 4.69) is 25.9 Å². The molecule has 1 heterocycles. The van der Waals surface area contributed by atoms with Crippen LogP contribution in [0.1, 0.15) is 18.7 Å². The van der Waals surface area contributed by atoms with Crippen molar-refractivity contribution in [3.05, 3.63) is 22.7 Å². The summed E-state index contributed by atoms with van der Waals surface area (Å²) >= 11 is 3.29. The van der Waals surface area contributed by atoms with Gasteiger partial charge in [0.2, 0.25) is 0 Å². The molecular formula is C6H8BrN3. The molecule has 0 aliphatic heterocycles. The lowest BCUT2D eigenvalue weighted by atomic mass is 10.2. The summed E-state index contributed by atoms with van der Waals surface area (Å²) in [5.41, 5.74) is 6.44. The first-order chi connectivity index (χ1) is 4.72. The first-order valence-electron chi connectivity index (χ1n) is 2.93. The average Bonchev–Trinajstić information content (AvgIpc) is 1.88. The molecule has 0 saturated heterocycles. The zero-order valence-electron chi connectivity index (χ0n) is 5.58. The number of nitrogens with two attached hydrogens (primary N) is 1. The molecule has 1 aromatic heterocycles.